The van der Waals surface area contributed by atoms with E-state index in [1.165, 1.54) is 6.07 Å². The zero-order chi connectivity index (χ0) is 12.1. The lowest BCUT2D eigenvalue weighted by molar-refractivity contribution is -0.385. The SMILES string of the molecule is Cc1ccc([N+](=O)[O-])c(OCC(Cl)C#N)c1. The number of nitro groups is 1. The van der Waals surface area contributed by atoms with Crippen molar-refractivity contribution in [1.82, 2.24) is 0 Å². The van der Waals surface area contributed by atoms with Gasteiger partial charge in [-0.1, -0.05) is 6.07 Å². The molecule has 0 heterocycles. The molecule has 16 heavy (non-hydrogen) atoms. The van der Waals surface area contributed by atoms with Gasteiger partial charge in [-0.3, -0.25) is 10.1 Å². The fourth-order valence-corrected chi connectivity index (χ4v) is 1.15. The third kappa shape index (κ3) is 3.11. The maximum Gasteiger partial charge on any atom is 0.310 e. The first-order chi connectivity index (χ1) is 7.54. The number of hydrogen-bond donors (Lipinski definition) is 0. The Kier molecular flexibility index (Phi) is 4.09. The van der Waals surface area contributed by atoms with Crippen molar-refractivity contribution in [2.75, 3.05) is 6.61 Å². The molecule has 1 aromatic rings. The highest BCUT2D eigenvalue weighted by atomic mass is 35.5. The van der Waals surface area contributed by atoms with Crippen molar-refractivity contribution in [2.45, 2.75) is 12.3 Å². The van der Waals surface area contributed by atoms with E-state index in [0.717, 1.165) is 5.56 Å². The number of hydrogen-bond acceptors (Lipinski definition) is 4. The van der Waals surface area contributed by atoms with Gasteiger partial charge in [0, 0.05) is 6.07 Å². The maximum atomic E-state index is 10.7. The van der Waals surface area contributed by atoms with Gasteiger partial charge in [0.1, 0.15) is 6.61 Å². The van der Waals surface area contributed by atoms with Crippen LogP contribution in [0.5, 0.6) is 5.75 Å². The lowest BCUT2D eigenvalue weighted by atomic mass is 10.2. The average Bonchev–Trinajstić information content (AvgIpc) is 2.25. The molecule has 5 nitrogen and oxygen atoms in total. The number of halogens is 1. The number of nitro benzene ring substituents is 1. The molecule has 0 aliphatic rings. The van der Waals surface area contributed by atoms with Gasteiger partial charge in [-0.05, 0) is 18.6 Å². The molecule has 1 atom stereocenters. The highest BCUT2D eigenvalue weighted by molar-refractivity contribution is 6.22. The normalized spacial score (nSPS) is 11.6. The molecule has 0 spiro atoms. The van der Waals surface area contributed by atoms with Crippen LogP contribution in [0.1, 0.15) is 5.56 Å². The molecule has 0 N–H and O–H groups in total. The Balaban J connectivity index is 2.89. The lowest BCUT2D eigenvalue weighted by Gasteiger charge is -2.07. The molecule has 0 bridgehead atoms. The molecule has 0 aliphatic heterocycles. The molecular weight excluding hydrogens is 232 g/mol. The second kappa shape index (κ2) is 5.33. The van der Waals surface area contributed by atoms with Crippen molar-refractivity contribution in [2.24, 2.45) is 0 Å². The van der Waals surface area contributed by atoms with E-state index in [0.29, 0.717) is 0 Å². The van der Waals surface area contributed by atoms with Gasteiger partial charge in [0.15, 0.2) is 11.1 Å². The molecule has 0 fully saturated rings. The number of ether oxygens (including phenoxy) is 1. The molecule has 0 amide bonds. The van der Waals surface area contributed by atoms with Crippen molar-refractivity contribution in [3.8, 4) is 11.8 Å². The van der Waals surface area contributed by atoms with Crippen molar-refractivity contribution >= 4 is 17.3 Å². The zero-order valence-electron chi connectivity index (χ0n) is 8.51. The molecular formula is C10H9ClN2O3. The summed E-state index contributed by atoms with van der Waals surface area (Å²) in [6, 6.07) is 6.29. The van der Waals surface area contributed by atoms with Gasteiger partial charge in [0.05, 0.1) is 11.0 Å². The van der Waals surface area contributed by atoms with Crippen molar-refractivity contribution in [3.05, 3.63) is 33.9 Å². The Morgan fingerprint density at radius 1 is 1.69 bits per heavy atom. The summed E-state index contributed by atoms with van der Waals surface area (Å²) in [5.74, 6) is 0.130. The molecule has 0 saturated carbocycles. The summed E-state index contributed by atoms with van der Waals surface area (Å²) in [6.07, 6.45) is 0. The van der Waals surface area contributed by atoms with E-state index in [1.54, 1.807) is 25.1 Å². The fourth-order valence-electron chi connectivity index (χ4n) is 1.09. The number of rotatable bonds is 4. The Morgan fingerprint density at radius 3 is 2.94 bits per heavy atom. The molecule has 0 saturated heterocycles. The number of alkyl halides is 1. The highest BCUT2D eigenvalue weighted by Gasteiger charge is 2.15. The third-order valence-electron chi connectivity index (χ3n) is 1.84. The van der Waals surface area contributed by atoms with Crippen LogP contribution in [0.4, 0.5) is 5.69 Å². The van der Waals surface area contributed by atoms with Crippen LogP contribution >= 0.6 is 11.6 Å². The Labute approximate surface area is 97.4 Å². The first-order valence-corrected chi connectivity index (χ1v) is 4.89. The van der Waals surface area contributed by atoms with E-state index >= 15 is 0 Å². The van der Waals surface area contributed by atoms with Gasteiger partial charge >= 0.3 is 5.69 Å². The maximum absolute atomic E-state index is 10.7. The molecule has 1 unspecified atom stereocenters. The molecule has 1 rings (SSSR count). The summed E-state index contributed by atoms with van der Waals surface area (Å²) >= 11 is 5.53. The van der Waals surface area contributed by atoms with Gasteiger partial charge < -0.3 is 4.74 Å². The minimum absolute atomic E-state index is 0.0810. The Bertz CT molecular complexity index is 442. The fraction of sp³-hybridized carbons (Fsp3) is 0.300. The molecule has 0 aliphatic carbocycles. The van der Waals surface area contributed by atoms with E-state index in [9.17, 15) is 10.1 Å². The van der Waals surface area contributed by atoms with Crippen molar-refractivity contribution < 1.29 is 9.66 Å². The van der Waals surface area contributed by atoms with Gasteiger partial charge in [0.2, 0.25) is 0 Å². The van der Waals surface area contributed by atoms with E-state index < -0.39 is 10.3 Å². The van der Waals surface area contributed by atoms with Gasteiger partial charge in [-0.25, -0.2) is 0 Å². The second-order valence-corrected chi connectivity index (χ2v) is 3.66. The van der Waals surface area contributed by atoms with E-state index in [4.69, 9.17) is 21.6 Å². The summed E-state index contributed by atoms with van der Waals surface area (Å²) in [4.78, 5) is 10.1. The quantitative estimate of drug-likeness (QED) is 0.460. The third-order valence-corrected chi connectivity index (χ3v) is 2.06. The van der Waals surface area contributed by atoms with Crippen LogP contribution in [0.15, 0.2) is 18.2 Å². The first-order valence-electron chi connectivity index (χ1n) is 4.46. The van der Waals surface area contributed by atoms with Crippen LogP contribution < -0.4 is 4.74 Å². The van der Waals surface area contributed by atoms with E-state index in [-0.39, 0.29) is 18.0 Å². The van der Waals surface area contributed by atoms with Crippen LogP contribution in [0.25, 0.3) is 0 Å². The van der Waals surface area contributed by atoms with E-state index in [2.05, 4.69) is 0 Å². The van der Waals surface area contributed by atoms with Gasteiger partial charge in [-0.15, -0.1) is 11.6 Å². The van der Waals surface area contributed by atoms with Crippen molar-refractivity contribution in [1.29, 1.82) is 5.26 Å². The predicted octanol–water partition coefficient (Wildman–Crippen LogP) is 2.41. The Morgan fingerprint density at radius 2 is 2.38 bits per heavy atom. The van der Waals surface area contributed by atoms with Crippen LogP contribution in [0.2, 0.25) is 0 Å². The van der Waals surface area contributed by atoms with Gasteiger partial charge in [0.25, 0.3) is 0 Å². The van der Waals surface area contributed by atoms with Crippen LogP contribution in [-0.2, 0) is 0 Å². The standard InChI is InChI=1S/C10H9ClN2O3/c1-7-2-3-9(13(14)15)10(4-7)16-6-8(11)5-12/h2-4,8H,6H2,1H3. The molecule has 84 valence electrons. The largest absolute Gasteiger partial charge is 0.484 e. The number of benzene rings is 1. The predicted molar refractivity (Wildman–Crippen MR) is 58.6 cm³/mol. The summed E-state index contributed by atoms with van der Waals surface area (Å²) in [6.45, 7) is 1.71. The van der Waals surface area contributed by atoms with Crippen LogP contribution in [0.3, 0.4) is 0 Å². The number of nitriles is 1. The lowest BCUT2D eigenvalue weighted by Crippen LogP contribution is -2.10. The van der Waals surface area contributed by atoms with Crippen LogP contribution in [-0.4, -0.2) is 16.9 Å². The van der Waals surface area contributed by atoms with Gasteiger partial charge in [-0.2, -0.15) is 5.26 Å². The molecule has 6 heteroatoms. The molecule has 1 aromatic carbocycles. The summed E-state index contributed by atoms with van der Waals surface area (Å²) in [5, 5.41) is 18.3. The minimum Gasteiger partial charge on any atom is -0.484 e. The topological polar surface area (TPSA) is 76.2 Å². The smallest absolute Gasteiger partial charge is 0.310 e. The van der Waals surface area contributed by atoms with Crippen molar-refractivity contribution in [3.63, 3.8) is 0 Å². The second-order valence-electron chi connectivity index (χ2n) is 3.14. The average molecular weight is 241 g/mol. The number of aryl methyl sites for hydroxylation is 1. The minimum atomic E-state index is -0.819. The molecule has 0 aromatic heterocycles. The summed E-state index contributed by atoms with van der Waals surface area (Å²) in [7, 11) is 0. The number of nitrogens with zero attached hydrogens (tertiary/aromatic N) is 2. The monoisotopic (exact) mass is 240 g/mol. The Hall–Kier alpha value is -1.80. The highest BCUT2D eigenvalue weighted by Crippen LogP contribution is 2.27. The zero-order valence-corrected chi connectivity index (χ0v) is 9.27. The van der Waals surface area contributed by atoms with Crippen LogP contribution in [0, 0.1) is 28.4 Å². The molecule has 0 radical (unpaired) electrons. The van der Waals surface area contributed by atoms with E-state index in [1.807, 2.05) is 0 Å². The summed E-state index contributed by atoms with van der Waals surface area (Å²) < 4.78 is 5.14. The summed E-state index contributed by atoms with van der Waals surface area (Å²) in [5.41, 5.74) is 0.705. The first kappa shape index (κ1) is 12.3.